The molecule has 0 spiro atoms. The van der Waals surface area contributed by atoms with E-state index >= 15 is 0 Å². The van der Waals surface area contributed by atoms with E-state index in [4.69, 9.17) is 9.47 Å². The lowest BCUT2D eigenvalue weighted by Crippen LogP contribution is -2.48. The molecule has 1 heterocycles. The molecule has 0 saturated carbocycles. The summed E-state index contributed by atoms with van der Waals surface area (Å²) in [7, 11) is 0. The SMILES string of the molecule is C[C@@H]1[C@@H](C(=O)OC(C)(C)C)N(C(=O)OC(C)(C)C)C(=O)[C@@H]1C. The third-order valence-electron chi connectivity index (χ3n) is 3.43. The van der Waals surface area contributed by atoms with Crippen LogP contribution in [0, 0.1) is 11.8 Å². The molecule has 1 rings (SSSR count). The van der Waals surface area contributed by atoms with Crippen molar-refractivity contribution in [3.63, 3.8) is 0 Å². The minimum Gasteiger partial charge on any atom is -0.458 e. The van der Waals surface area contributed by atoms with Crippen LogP contribution in [0.25, 0.3) is 0 Å². The van der Waals surface area contributed by atoms with Gasteiger partial charge in [0.05, 0.1) is 0 Å². The number of imide groups is 1. The first kappa shape index (κ1) is 18.5. The summed E-state index contributed by atoms with van der Waals surface area (Å²) in [5.74, 6) is -1.75. The van der Waals surface area contributed by atoms with E-state index in [2.05, 4.69) is 0 Å². The van der Waals surface area contributed by atoms with E-state index in [1.165, 1.54) is 0 Å². The van der Waals surface area contributed by atoms with Crippen LogP contribution in [0.3, 0.4) is 0 Å². The molecule has 3 atom stereocenters. The zero-order chi connectivity index (χ0) is 17.5. The lowest BCUT2D eigenvalue weighted by atomic mass is 9.94. The fourth-order valence-corrected chi connectivity index (χ4v) is 2.29. The van der Waals surface area contributed by atoms with Crippen LogP contribution in [0.15, 0.2) is 0 Å². The number of likely N-dealkylation sites (tertiary alicyclic amines) is 1. The molecule has 6 heteroatoms. The molecular formula is C16H27NO5. The average Bonchev–Trinajstić information content (AvgIpc) is 2.49. The van der Waals surface area contributed by atoms with Crippen molar-refractivity contribution in [1.29, 1.82) is 0 Å². The highest BCUT2D eigenvalue weighted by Gasteiger charge is 2.52. The van der Waals surface area contributed by atoms with Gasteiger partial charge in [0.2, 0.25) is 5.91 Å². The summed E-state index contributed by atoms with van der Waals surface area (Å²) in [6.07, 6.45) is -0.801. The Morgan fingerprint density at radius 2 is 1.41 bits per heavy atom. The van der Waals surface area contributed by atoms with E-state index in [1.807, 2.05) is 0 Å². The van der Waals surface area contributed by atoms with Gasteiger partial charge in [-0.05, 0) is 47.5 Å². The summed E-state index contributed by atoms with van der Waals surface area (Å²) in [5, 5.41) is 0. The van der Waals surface area contributed by atoms with E-state index in [-0.39, 0.29) is 5.92 Å². The number of carbonyl (C=O) groups is 3. The highest BCUT2D eigenvalue weighted by Crippen LogP contribution is 2.33. The molecule has 1 fully saturated rings. The predicted molar refractivity (Wildman–Crippen MR) is 81.0 cm³/mol. The third-order valence-corrected chi connectivity index (χ3v) is 3.43. The maximum atomic E-state index is 12.4. The highest BCUT2D eigenvalue weighted by atomic mass is 16.6. The maximum Gasteiger partial charge on any atom is 0.417 e. The van der Waals surface area contributed by atoms with Gasteiger partial charge in [-0.2, -0.15) is 0 Å². The molecule has 0 aromatic heterocycles. The molecule has 0 unspecified atom stereocenters. The Labute approximate surface area is 132 Å². The van der Waals surface area contributed by atoms with Gasteiger partial charge in [0.25, 0.3) is 0 Å². The van der Waals surface area contributed by atoms with Gasteiger partial charge in [0.1, 0.15) is 17.2 Å². The molecule has 1 aliphatic rings. The van der Waals surface area contributed by atoms with E-state index in [0.29, 0.717) is 0 Å². The second-order valence-electron chi connectivity index (χ2n) is 7.81. The van der Waals surface area contributed by atoms with E-state index in [9.17, 15) is 14.4 Å². The van der Waals surface area contributed by atoms with Crippen LogP contribution in [-0.2, 0) is 19.1 Å². The number of hydrogen-bond acceptors (Lipinski definition) is 5. The molecule has 22 heavy (non-hydrogen) atoms. The first-order valence-corrected chi connectivity index (χ1v) is 7.53. The molecule has 0 aromatic carbocycles. The summed E-state index contributed by atoms with van der Waals surface area (Å²) in [6.45, 7) is 13.8. The van der Waals surface area contributed by atoms with E-state index in [1.54, 1.807) is 55.4 Å². The lowest BCUT2D eigenvalue weighted by Gasteiger charge is -2.29. The van der Waals surface area contributed by atoms with Gasteiger partial charge in [0.15, 0.2) is 0 Å². The Hall–Kier alpha value is -1.59. The fraction of sp³-hybridized carbons (Fsp3) is 0.812. The summed E-state index contributed by atoms with van der Waals surface area (Å²) in [4.78, 5) is 38.0. The number of hydrogen-bond donors (Lipinski definition) is 0. The number of amides is 2. The van der Waals surface area contributed by atoms with Crippen LogP contribution in [-0.4, -0.2) is 40.1 Å². The Balaban J connectivity index is 3.07. The predicted octanol–water partition coefficient (Wildman–Crippen LogP) is 2.75. The van der Waals surface area contributed by atoms with E-state index in [0.717, 1.165) is 4.90 Å². The summed E-state index contributed by atoms with van der Waals surface area (Å²) in [6, 6.07) is -0.948. The fourth-order valence-electron chi connectivity index (χ4n) is 2.29. The van der Waals surface area contributed by atoms with Crippen molar-refractivity contribution < 1.29 is 23.9 Å². The summed E-state index contributed by atoms with van der Waals surface area (Å²) >= 11 is 0. The van der Waals surface area contributed by atoms with Crippen molar-refractivity contribution in [3.8, 4) is 0 Å². The van der Waals surface area contributed by atoms with Crippen LogP contribution >= 0.6 is 0 Å². The number of carbonyl (C=O) groups excluding carboxylic acids is 3. The standard InChI is InChI=1S/C16H27NO5/c1-9-10(2)12(18)17(14(20)22-16(6,7)8)11(9)13(19)21-15(3,4)5/h9-11H,1-8H3/t9-,10+,11-/m0/s1. The Kier molecular flexibility index (Phi) is 4.94. The molecule has 0 radical (unpaired) electrons. The Morgan fingerprint density at radius 1 is 0.955 bits per heavy atom. The highest BCUT2D eigenvalue weighted by molar-refractivity contribution is 6.01. The Bertz CT molecular complexity index is 472. The van der Waals surface area contributed by atoms with Gasteiger partial charge in [0, 0.05) is 5.92 Å². The largest absolute Gasteiger partial charge is 0.458 e. The van der Waals surface area contributed by atoms with Gasteiger partial charge in [-0.25, -0.2) is 14.5 Å². The van der Waals surface area contributed by atoms with Crippen molar-refractivity contribution in [2.45, 2.75) is 72.6 Å². The molecule has 1 aliphatic heterocycles. The van der Waals surface area contributed by atoms with Gasteiger partial charge >= 0.3 is 12.1 Å². The number of rotatable bonds is 1. The molecular weight excluding hydrogens is 286 g/mol. The van der Waals surface area contributed by atoms with Gasteiger partial charge in [-0.15, -0.1) is 0 Å². The molecule has 0 bridgehead atoms. The van der Waals surface area contributed by atoms with Crippen molar-refractivity contribution in [2.75, 3.05) is 0 Å². The Morgan fingerprint density at radius 3 is 1.82 bits per heavy atom. The topological polar surface area (TPSA) is 72.9 Å². The molecule has 126 valence electrons. The van der Waals surface area contributed by atoms with E-state index < -0.39 is 41.1 Å². The molecule has 6 nitrogen and oxygen atoms in total. The minimum atomic E-state index is -0.948. The normalized spacial score (nSPS) is 26.1. The van der Waals surface area contributed by atoms with Crippen LogP contribution in [0.1, 0.15) is 55.4 Å². The van der Waals surface area contributed by atoms with Crippen LogP contribution in [0.2, 0.25) is 0 Å². The molecule has 0 aliphatic carbocycles. The van der Waals surface area contributed by atoms with Crippen LogP contribution in [0.4, 0.5) is 4.79 Å². The first-order valence-electron chi connectivity index (χ1n) is 7.53. The van der Waals surface area contributed by atoms with Gasteiger partial charge in [-0.3, -0.25) is 4.79 Å². The molecule has 0 aromatic rings. The van der Waals surface area contributed by atoms with Crippen molar-refractivity contribution in [3.05, 3.63) is 0 Å². The minimum absolute atomic E-state index is 0.324. The third kappa shape index (κ3) is 4.21. The van der Waals surface area contributed by atoms with Crippen molar-refractivity contribution in [2.24, 2.45) is 11.8 Å². The smallest absolute Gasteiger partial charge is 0.417 e. The second kappa shape index (κ2) is 5.89. The zero-order valence-corrected chi connectivity index (χ0v) is 14.7. The summed E-state index contributed by atoms with van der Waals surface area (Å²) in [5.41, 5.74) is -1.43. The van der Waals surface area contributed by atoms with Gasteiger partial charge < -0.3 is 9.47 Å². The zero-order valence-electron chi connectivity index (χ0n) is 14.7. The van der Waals surface area contributed by atoms with Crippen molar-refractivity contribution >= 4 is 18.0 Å². The first-order chi connectivity index (χ1) is 9.74. The summed E-state index contributed by atoms with van der Waals surface area (Å²) < 4.78 is 10.6. The number of ether oxygens (including phenoxy) is 2. The average molecular weight is 313 g/mol. The quantitative estimate of drug-likeness (QED) is 0.696. The lowest BCUT2D eigenvalue weighted by molar-refractivity contribution is -0.162. The molecule has 1 saturated heterocycles. The number of nitrogens with zero attached hydrogens (tertiary/aromatic N) is 1. The van der Waals surface area contributed by atoms with Crippen LogP contribution in [0.5, 0.6) is 0 Å². The molecule has 0 N–H and O–H groups in total. The maximum absolute atomic E-state index is 12.4. The van der Waals surface area contributed by atoms with Gasteiger partial charge in [-0.1, -0.05) is 13.8 Å². The number of esters is 1. The monoisotopic (exact) mass is 313 g/mol. The second-order valence-corrected chi connectivity index (χ2v) is 7.81. The van der Waals surface area contributed by atoms with Crippen LogP contribution < -0.4 is 0 Å². The van der Waals surface area contributed by atoms with Crippen molar-refractivity contribution in [1.82, 2.24) is 4.90 Å². The molecule has 2 amide bonds.